The third-order valence-electron chi connectivity index (χ3n) is 10.1. The standard InChI is InChI=1S/C50H38N2/c1-5-17-37(18-6-1)39-29-33-43(34-30-39)51(41-21-9-3-10-22-41)49-45-25-13-15-27-47(45)50(48-28-16-14-26-46(48)49)52(42-23-11-4-12-24-42)44-35-31-40(32-36-44)38-19-7-2-8-20-38/h1-15,17-27,29-36H,16,28H2. The number of nitrogens with zero attached hydrogens (tertiary/aromatic N) is 2. The van der Waals surface area contributed by atoms with E-state index in [-0.39, 0.29) is 0 Å². The number of allylic oxidation sites excluding steroid dienone is 1. The topological polar surface area (TPSA) is 6.48 Å². The fraction of sp³-hybridized carbons (Fsp3) is 0.0400. The number of hydrogen-bond acceptors (Lipinski definition) is 2. The minimum atomic E-state index is 0.944. The first kappa shape index (κ1) is 31.3. The minimum Gasteiger partial charge on any atom is -0.310 e. The van der Waals surface area contributed by atoms with Crippen LogP contribution >= 0.6 is 0 Å². The molecule has 9 rings (SSSR count). The molecule has 8 aromatic carbocycles. The molecule has 0 heterocycles. The van der Waals surface area contributed by atoms with E-state index in [1.807, 2.05) is 0 Å². The molecule has 248 valence electrons. The summed E-state index contributed by atoms with van der Waals surface area (Å²) in [6.07, 6.45) is 6.64. The van der Waals surface area contributed by atoms with Crippen LogP contribution in [0.4, 0.5) is 34.1 Å². The predicted molar refractivity (Wildman–Crippen MR) is 222 cm³/mol. The highest BCUT2D eigenvalue weighted by molar-refractivity contribution is 6.12. The van der Waals surface area contributed by atoms with Crippen molar-refractivity contribution in [3.63, 3.8) is 0 Å². The predicted octanol–water partition coefficient (Wildman–Crippen LogP) is 14.1. The lowest BCUT2D eigenvalue weighted by molar-refractivity contribution is 0.981. The Balaban J connectivity index is 1.28. The van der Waals surface area contributed by atoms with Crippen LogP contribution in [0.2, 0.25) is 0 Å². The molecule has 0 radical (unpaired) electrons. The Labute approximate surface area is 306 Å². The molecular weight excluding hydrogens is 629 g/mol. The summed E-state index contributed by atoms with van der Waals surface area (Å²) in [7, 11) is 0. The Morgan fingerprint density at radius 3 is 1.17 bits per heavy atom. The van der Waals surface area contributed by atoms with Crippen molar-refractivity contribution in [2.75, 3.05) is 9.80 Å². The molecule has 8 aromatic rings. The Bertz CT molecular complexity index is 2470. The quantitative estimate of drug-likeness (QED) is 0.149. The summed E-state index contributed by atoms with van der Waals surface area (Å²) in [5.41, 5.74) is 14.4. The van der Waals surface area contributed by atoms with Gasteiger partial charge in [-0.25, -0.2) is 0 Å². The van der Waals surface area contributed by atoms with E-state index in [0.717, 1.165) is 35.6 Å². The fourth-order valence-electron chi connectivity index (χ4n) is 7.67. The second kappa shape index (κ2) is 13.9. The van der Waals surface area contributed by atoms with Gasteiger partial charge in [0.15, 0.2) is 0 Å². The van der Waals surface area contributed by atoms with Gasteiger partial charge in [0.2, 0.25) is 0 Å². The summed E-state index contributed by atoms with van der Waals surface area (Å²) in [5, 5.41) is 2.44. The second-order valence-electron chi connectivity index (χ2n) is 13.2. The van der Waals surface area contributed by atoms with Crippen molar-refractivity contribution in [2.24, 2.45) is 0 Å². The van der Waals surface area contributed by atoms with E-state index in [4.69, 9.17) is 0 Å². The van der Waals surface area contributed by atoms with Gasteiger partial charge in [-0.15, -0.1) is 0 Å². The molecule has 0 saturated heterocycles. The first-order valence-electron chi connectivity index (χ1n) is 18.1. The molecule has 0 aromatic heterocycles. The highest BCUT2D eigenvalue weighted by atomic mass is 15.2. The summed E-state index contributed by atoms with van der Waals surface area (Å²) in [4.78, 5) is 4.93. The van der Waals surface area contributed by atoms with Gasteiger partial charge in [0.05, 0.1) is 11.4 Å². The molecule has 0 saturated carbocycles. The molecule has 0 aliphatic heterocycles. The lowest BCUT2D eigenvalue weighted by Gasteiger charge is -2.35. The summed E-state index contributed by atoms with van der Waals surface area (Å²) in [5.74, 6) is 0. The maximum atomic E-state index is 2.47. The van der Waals surface area contributed by atoms with Crippen LogP contribution in [0.15, 0.2) is 200 Å². The van der Waals surface area contributed by atoms with Gasteiger partial charge in [0.25, 0.3) is 0 Å². The van der Waals surface area contributed by atoms with Crippen molar-refractivity contribution in [3.05, 3.63) is 211 Å². The van der Waals surface area contributed by atoms with Crippen LogP contribution in [0.1, 0.15) is 17.5 Å². The average molecular weight is 667 g/mol. The monoisotopic (exact) mass is 666 g/mol. The van der Waals surface area contributed by atoms with E-state index >= 15 is 0 Å². The molecule has 0 unspecified atom stereocenters. The number of para-hydroxylation sites is 2. The van der Waals surface area contributed by atoms with Crippen molar-refractivity contribution in [2.45, 2.75) is 12.8 Å². The summed E-state index contributed by atoms with van der Waals surface area (Å²) < 4.78 is 0. The maximum absolute atomic E-state index is 2.47. The van der Waals surface area contributed by atoms with Gasteiger partial charge in [-0.2, -0.15) is 0 Å². The van der Waals surface area contributed by atoms with Gasteiger partial charge >= 0.3 is 0 Å². The lowest BCUT2D eigenvalue weighted by atomic mass is 9.87. The Morgan fingerprint density at radius 2 is 0.692 bits per heavy atom. The largest absolute Gasteiger partial charge is 0.310 e. The molecule has 1 aliphatic rings. The summed E-state index contributed by atoms with van der Waals surface area (Å²) in [6.45, 7) is 0. The Morgan fingerprint density at radius 1 is 0.327 bits per heavy atom. The molecule has 0 bridgehead atoms. The van der Waals surface area contributed by atoms with Crippen LogP contribution in [0.3, 0.4) is 0 Å². The molecule has 0 amide bonds. The highest BCUT2D eigenvalue weighted by Crippen LogP contribution is 2.51. The molecule has 0 atom stereocenters. The zero-order valence-electron chi connectivity index (χ0n) is 28.9. The number of anilines is 6. The number of hydrogen-bond donors (Lipinski definition) is 0. The second-order valence-corrected chi connectivity index (χ2v) is 13.2. The molecule has 2 nitrogen and oxygen atoms in total. The van der Waals surface area contributed by atoms with Crippen molar-refractivity contribution >= 4 is 51.0 Å². The van der Waals surface area contributed by atoms with Crippen LogP contribution < -0.4 is 9.80 Å². The van der Waals surface area contributed by atoms with Crippen molar-refractivity contribution < 1.29 is 0 Å². The van der Waals surface area contributed by atoms with Crippen LogP contribution in [-0.2, 0) is 6.42 Å². The van der Waals surface area contributed by atoms with E-state index in [0.29, 0.717) is 0 Å². The van der Waals surface area contributed by atoms with Crippen molar-refractivity contribution in [1.82, 2.24) is 0 Å². The third-order valence-corrected chi connectivity index (χ3v) is 10.1. The summed E-state index contributed by atoms with van der Waals surface area (Å²) in [6, 6.07) is 69.9. The minimum absolute atomic E-state index is 0.944. The van der Waals surface area contributed by atoms with Crippen LogP contribution in [0.5, 0.6) is 0 Å². The molecule has 1 aliphatic carbocycles. The number of benzene rings is 8. The number of fused-ring (bicyclic) bond motifs is 2. The van der Waals surface area contributed by atoms with Crippen molar-refractivity contribution in [1.29, 1.82) is 0 Å². The zero-order valence-corrected chi connectivity index (χ0v) is 28.9. The van der Waals surface area contributed by atoms with E-state index in [2.05, 4.69) is 216 Å². The first-order chi connectivity index (χ1) is 25.8. The van der Waals surface area contributed by atoms with Crippen LogP contribution in [-0.4, -0.2) is 0 Å². The number of rotatable bonds is 8. The van der Waals surface area contributed by atoms with Crippen LogP contribution in [0.25, 0.3) is 39.1 Å². The molecule has 0 N–H and O–H groups in total. The van der Waals surface area contributed by atoms with Crippen LogP contribution in [0, 0.1) is 0 Å². The normalized spacial score (nSPS) is 12.0. The molecule has 52 heavy (non-hydrogen) atoms. The fourth-order valence-corrected chi connectivity index (χ4v) is 7.67. The smallest absolute Gasteiger partial charge is 0.0616 e. The van der Waals surface area contributed by atoms with Crippen molar-refractivity contribution in [3.8, 4) is 22.3 Å². The molecule has 0 spiro atoms. The zero-order chi connectivity index (χ0) is 34.7. The highest BCUT2D eigenvalue weighted by Gasteiger charge is 2.28. The van der Waals surface area contributed by atoms with E-state index in [1.165, 1.54) is 55.5 Å². The maximum Gasteiger partial charge on any atom is 0.0616 e. The van der Waals surface area contributed by atoms with E-state index in [1.54, 1.807) is 0 Å². The van der Waals surface area contributed by atoms with Gasteiger partial charge in [-0.05, 0) is 89.2 Å². The van der Waals surface area contributed by atoms with Gasteiger partial charge in [-0.3, -0.25) is 0 Å². The van der Waals surface area contributed by atoms with Gasteiger partial charge < -0.3 is 9.80 Å². The van der Waals surface area contributed by atoms with Gasteiger partial charge in [0, 0.05) is 39.1 Å². The first-order valence-corrected chi connectivity index (χ1v) is 18.1. The molecular formula is C50H38N2. The Kier molecular flexibility index (Phi) is 8.40. The average Bonchev–Trinajstić information content (AvgIpc) is 3.23. The van der Waals surface area contributed by atoms with Gasteiger partial charge in [-0.1, -0.05) is 158 Å². The molecule has 0 fully saturated rings. The van der Waals surface area contributed by atoms with Gasteiger partial charge in [0.1, 0.15) is 0 Å². The molecule has 2 heteroatoms. The van der Waals surface area contributed by atoms with E-state index < -0.39 is 0 Å². The Hall–Kier alpha value is -6.64. The van der Waals surface area contributed by atoms with E-state index in [9.17, 15) is 0 Å². The SMILES string of the molecule is C1=Cc2c(c(N(c3ccccc3)c3ccc(-c4ccccc4)cc3)c3ccccc3c2N(c2ccccc2)c2ccc(-c3ccccc3)cc2)CC1. The third kappa shape index (κ3) is 5.85. The lowest BCUT2D eigenvalue weighted by Crippen LogP contribution is -2.18. The summed E-state index contributed by atoms with van der Waals surface area (Å²) >= 11 is 0.